The number of benzene rings is 1. The minimum absolute atomic E-state index is 0.125. The lowest BCUT2D eigenvalue weighted by Gasteiger charge is -2.13. The van der Waals surface area contributed by atoms with E-state index in [2.05, 4.69) is 0 Å². The van der Waals surface area contributed by atoms with Gasteiger partial charge in [0.15, 0.2) is 6.29 Å². The minimum atomic E-state index is -0.844. The highest BCUT2D eigenvalue weighted by Crippen LogP contribution is 2.22. The minimum Gasteiger partial charge on any atom is -0.352 e. The Kier molecular flexibility index (Phi) is 6.34. The van der Waals surface area contributed by atoms with Crippen LogP contribution in [-0.4, -0.2) is 31.9 Å². The first-order valence-electron chi connectivity index (χ1n) is 5.44. The van der Waals surface area contributed by atoms with Crippen molar-refractivity contribution in [2.45, 2.75) is 11.2 Å². The lowest BCUT2D eigenvalue weighted by Crippen LogP contribution is -2.36. The van der Waals surface area contributed by atoms with Crippen LogP contribution in [0, 0.1) is 0 Å². The number of nitrogens with two attached hydrogens (primary N) is 1. The van der Waals surface area contributed by atoms with Gasteiger partial charge in [0, 0.05) is 24.7 Å². The van der Waals surface area contributed by atoms with E-state index in [-0.39, 0.29) is 5.75 Å². The molecule has 3 N–H and O–H groups in total. The average Bonchev–Trinajstić information content (AvgIpc) is 2.38. The van der Waals surface area contributed by atoms with Crippen LogP contribution < -0.4 is 11.1 Å². The zero-order chi connectivity index (χ0) is 14.3. The maximum Gasteiger partial charge on any atom is 0.318 e. The first kappa shape index (κ1) is 15.5. The number of carbonyl (C=O) groups is 2. The quantitative estimate of drug-likeness (QED) is 0.606. The molecule has 0 unspecified atom stereocenters. The number of thioether (sulfide) groups is 1. The summed E-state index contributed by atoms with van der Waals surface area (Å²) in [7, 11) is 3.12. The summed E-state index contributed by atoms with van der Waals surface area (Å²) in [5, 5.41) is 2.00. The number of carbonyl (C=O) groups excluding carboxylic acids is 2. The monoisotopic (exact) mass is 284 g/mol. The number of primary amides is 1. The van der Waals surface area contributed by atoms with Gasteiger partial charge < -0.3 is 15.2 Å². The van der Waals surface area contributed by atoms with Crippen molar-refractivity contribution in [3.05, 3.63) is 29.8 Å². The van der Waals surface area contributed by atoms with Crippen LogP contribution in [-0.2, 0) is 14.3 Å². The summed E-state index contributed by atoms with van der Waals surface area (Å²) in [6.07, 6.45) is -0.405. The Bertz CT molecular complexity index is 432. The average molecular weight is 284 g/mol. The number of urea groups is 1. The second kappa shape index (κ2) is 7.78. The molecule has 0 aromatic heterocycles. The van der Waals surface area contributed by atoms with Crippen LogP contribution in [0.4, 0.5) is 4.79 Å². The summed E-state index contributed by atoms with van der Waals surface area (Å²) in [5.74, 6) is -0.298. The highest BCUT2D eigenvalue weighted by Gasteiger charge is 2.09. The van der Waals surface area contributed by atoms with Gasteiger partial charge in [-0.2, -0.15) is 0 Å². The number of rotatable bonds is 6. The molecule has 0 bridgehead atoms. The molecule has 0 spiro atoms. The molecule has 104 valence electrons. The van der Waals surface area contributed by atoms with Gasteiger partial charge in [0.2, 0.25) is 5.91 Å². The SMILES string of the molecule is COC(OC)c1ccc(SCC(=O)NC(N)=O)cc1. The number of imide groups is 1. The summed E-state index contributed by atoms with van der Waals surface area (Å²) in [6, 6.07) is 6.56. The normalized spacial score (nSPS) is 10.5. The summed E-state index contributed by atoms with van der Waals surface area (Å²) in [6.45, 7) is 0. The molecule has 7 heteroatoms. The van der Waals surface area contributed by atoms with Gasteiger partial charge in [-0.3, -0.25) is 10.1 Å². The smallest absolute Gasteiger partial charge is 0.318 e. The standard InChI is InChI=1S/C12H16N2O4S/c1-17-11(18-2)8-3-5-9(6-4-8)19-7-10(15)14-12(13)16/h3-6,11H,7H2,1-2H3,(H3,13,14,15,16). The van der Waals surface area contributed by atoms with E-state index in [0.29, 0.717) is 0 Å². The summed E-state index contributed by atoms with van der Waals surface area (Å²) < 4.78 is 10.2. The van der Waals surface area contributed by atoms with Crippen molar-refractivity contribution in [1.82, 2.24) is 5.32 Å². The Balaban J connectivity index is 2.53. The van der Waals surface area contributed by atoms with E-state index in [9.17, 15) is 9.59 Å². The largest absolute Gasteiger partial charge is 0.352 e. The van der Waals surface area contributed by atoms with E-state index in [1.54, 1.807) is 14.2 Å². The maximum atomic E-state index is 11.2. The van der Waals surface area contributed by atoms with E-state index in [1.807, 2.05) is 29.6 Å². The zero-order valence-corrected chi connectivity index (χ0v) is 11.5. The van der Waals surface area contributed by atoms with Crippen molar-refractivity contribution in [3.8, 4) is 0 Å². The Morgan fingerprint density at radius 1 is 1.26 bits per heavy atom. The van der Waals surface area contributed by atoms with Crippen LogP contribution in [0.15, 0.2) is 29.2 Å². The molecule has 0 fully saturated rings. The topological polar surface area (TPSA) is 90.7 Å². The fraction of sp³-hybridized carbons (Fsp3) is 0.333. The van der Waals surface area contributed by atoms with Crippen molar-refractivity contribution in [3.63, 3.8) is 0 Å². The number of ether oxygens (including phenoxy) is 2. The second-order valence-corrected chi connectivity index (χ2v) is 4.62. The number of nitrogens with one attached hydrogen (secondary N) is 1. The number of hydrogen-bond donors (Lipinski definition) is 2. The highest BCUT2D eigenvalue weighted by atomic mass is 32.2. The lowest BCUT2D eigenvalue weighted by atomic mass is 10.2. The van der Waals surface area contributed by atoms with Crippen molar-refractivity contribution in [1.29, 1.82) is 0 Å². The molecular formula is C12H16N2O4S. The predicted octanol–water partition coefficient (Wildman–Crippen LogP) is 1.26. The van der Waals surface area contributed by atoms with E-state index in [4.69, 9.17) is 15.2 Å². The molecule has 0 heterocycles. The fourth-order valence-corrected chi connectivity index (χ4v) is 2.11. The van der Waals surface area contributed by atoms with Crippen molar-refractivity contribution < 1.29 is 19.1 Å². The fourth-order valence-electron chi connectivity index (χ4n) is 1.41. The molecule has 0 saturated heterocycles. The van der Waals surface area contributed by atoms with Gasteiger partial charge in [0.25, 0.3) is 0 Å². The van der Waals surface area contributed by atoms with Crippen molar-refractivity contribution in [2.75, 3.05) is 20.0 Å². The molecule has 0 aliphatic heterocycles. The molecule has 6 nitrogen and oxygen atoms in total. The predicted molar refractivity (Wildman–Crippen MR) is 71.7 cm³/mol. The van der Waals surface area contributed by atoms with Gasteiger partial charge in [-0.1, -0.05) is 12.1 Å². The van der Waals surface area contributed by atoms with Gasteiger partial charge in [-0.25, -0.2) is 4.79 Å². The Morgan fingerprint density at radius 3 is 2.32 bits per heavy atom. The third kappa shape index (κ3) is 5.29. The van der Waals surface area contributed by atoms with E-state index >= 15 is 0 Å². The molecule has 0 aliphatic rings. The van der Waals surface area contributed by atoms with E-state index < -0.39 is 18.2 Å². The summed E-state index contributed by atoms with van der Waals surface area (Å²) in [5.41, 5.74) is 5.72. The van der Waals surface area contributed by atoms with Crippen LogP contribution in [0.5, 0.6) is 0 Å². The molecular weight excluding hydrogens is 268 g/mol. The third-order valence-electron chi connectivity index (χ3n) is 2.21. The van der Waals surface area contributed by atoms with Gasteiger partial charge in [0.05, 0.1) is 5.75 Å². The van der Waals surface area contributed by atoms with Crippen LogP contribution in [0.3, 0.4) is 0 Å². The first-order valence-corrected chi connectivity index (χ1v) is 6.43. The molecule has 1 aromatic rings. The van der Waals surface area contributed by atoms with Gasteiger partial charge in [-0.05, 0) is 12.1 Å². The molecule has 0 atom stereocenters. The van der Waals surface area contributed by atoms with Crippen LogP contribution >= 0.6 is 11.8 Å². The Morgan fingerprint density at radius 2 is 1.84 bits per heavy atom. The molecule has 1 aromatic carbocycles. The summed E-state index contributed by atoms with van der Waals surface area (Å²) in [4.78, 5) is 22.6. The number of methoxy groups -OCH3 is 2. The van der Waals surface area contributed by atoms with E-state index in [0.717, 1.165) is 10.5 Å². The number of hydrogen-bond acceptors (Lipinski definition) is 5. The van der Waals surface area contributed by atoms with Gasteiger partial charge in [-0.15, -0.1) is 11.8 Å². The van der Waals surface area contributed by atoms with Crippen molar-refractivity contribution in [2.24, 2.45) is 5.73 Å². The van der Waals surface area contributed by atoms with Gasteiger partial charge >= 0.3 is 6.03 Å². The Labute approximate surface area is 115 Å². The molecule has 0 aliphatic carbocycles. The third-order valence-corrected chi connectivity index (χ3v) is 3.22. The maximum absolute atomic E-state index is 11.2. The van der Waals surface area contributed by atoms with Crippen LogP contribution in [0.25, 0.3) is 0 Å². The highest BCUT2D eigenvalue weighted by molar-refractivity contribution is 8.00. The van der Waals surface area contributed by atoms with Gasteiger partial charge in [0.1, 0.15) is 0 Å². The molecule has 1 rings (SSSR count). The summed E-state index contributed by atoms with van der Waals surface area (Å²) >= 11 is 1.30. The molecule has 3 amide bonds. The van der Waals surface area contributed by atoms with E-state index in [1.165, 1.54) is 11.8 Å². The van der Waals surface area contributed by atoms with Crippen molar-refractivity contribution >= 4 is 23.7 Å². The van der Waals surface area contributed by atoms with Crippen LogP contribution in [0.2, 0.25) is 0 Å². The number of amides is 3. The zero-order valence-electron chi connectivity index (χ0n) is 10.7. The first-order chi connectivity index (χ1) is 9.06. The second-order valence-electron chi connectivity index (χ2n) is 3.57. The molecule has 0 saturated carbocycles. The Hall–Kier alpha value is -1.57. The molecule has 0 radical (unpaired) electrons. The van der Waals surface area contributed by atoms with Crippen LogP contribution in [0.1, 0.15) is 11.9 Å². The lowest BCUT2D eigenvalue weighted by molar-refractivity contribution is -0.117. The molecule has 19 heavy (non-hydrogen) atoms.